The molecule has 0 aliphatic heterocycles. The van der Waals surface area contributed by atoms with E-state index < -0.39 is 23.7 Å². The van der Waals surface area contributed by atoms with E-state index in [1.54, 1.807) is 23.7 Å². The van der Waals surface area contributed by atoms with Gasteiger partial charge < -0.3 is 15.6 Å². The van der Waals surface area contributed by atoms with Crippen molar-refractivity contribution in [3.05, 3.63) is 93.8 Å². The minimum atomic E-state index is -4.47. The fourth-order valence-corrected chi connectivity index (χ4v) is 4.16. The molecule has 0 radical (unpaired) electrons. The summed E-state index contributed by atoms with van der Waals surface area (Å²) in [6.45, 7) is -0.0952. The number of halogens is 3. The van der Waals surface area contributed by atoms with Gasteiger partial charge in [-0.1, -0.05) is 36.4 Å². The van der Waals surface area contributed by atoms with Crippen molar-refractivity contribution in [2.75, 3.05) is 0 Å². The predicted molar refractivity (Wildman–Crippen MR) is 121 cm³/mol. The van der Waals surface area contributed by atoms with Crippen molar-refractivity contribution < 1.29 is 22.8 Å². The van der Waals surface area contributed by atoms with Gasteiger partial charge in [-0.15, -0.1) is 11.3 Å². The molecule has 9 heteroatoms. The lowest BCUT2D eigenvalue weighted by atomic mass is 10.0. The van der Waals surface area contributed by atoms with E-state index in [0.717, 1.165) is 28.6 Å². The zero-order chi connectivity index (χ0) is 23.4. The van der Waals surface area contributed by atoms with Gasteiger partial charge in [-0.3, -0.25) is 9.59 Å². The van der Waals surface area contributed by atoms with Gasteiger partial charge in [0, 0.05) is 30.1 Å². The first-order valence-electron chi connectivity index (χ1n) is 10.1. The highest BCUT2D eigenvalue weighted by atomic mass is 32.1. The van der Waals surface area contributed by atoms with Gasteiger partial charge in [0.2, 0.25) is 5.91 Å². The number of hydrogen-bond acceptors (Lipinski definition) is 3. The van der Waals surface area contributed by atoms with Gasteiger partial charge in [-0.25, -0.2) is 0 Å². The normalized spacial score (nSPS) is 12.5. The van der Waals surface area contributed by atoms with Crippen molar-refractivity contribution in [2.45, 2.75) is 25.2 Å². The van der Waals surface area contributed by atoms with E-state index >= 15 is 0 Å². The highest BCUT2D eigenvalue weighted by molar-refractivity contribution is 7.12. The Hall–Kier alpha value is -3.59. The molecular weight excluding hydrogens is 451 g/mol. The smallest absolute Gasteiger partial charge is 0.361 e. The quantitative estimate of drug-likeness (QED) is 0.359. The lowest BCUT2D eigenvalue weighted by Gasteiger charge is -2.18. The Morgan fingerprint density at radius 3 is 2.61 bits per heavy atom. The van der Waals surface area contributed by atoms with E-state index in [-0.39, 0.29) is 18.9 Å². The SMILES string of the molecule is O=C(N[C@H](Cc1c[nH]c2ccccc12)C(=O)NCc1cccc(C(F)(F)F)c1)c1cccs1. The minimum Gasteiger partial charge on any atom is -0.361 e. The second-order valence-electron chi connectivity index (χ2n) is 7.48. The number of nitrogens with one attached hydrogen (secondary N) is 3. The van der Waals surface area contributed by atoms with Crippen LogP contribution in [0, 0.1) is 0 Å². The summed E-state index contributed by atoms with van der Waals surface area (Å²) in [6.07, 6.45) is -2.46. The number of thiophene rings is 1. The zero-order valence-corrected chi connectivity index (χ0v) is 18.1. The van der Waals surface area contributed by atoms with Crippen LogP contribution in [0.25, 0.3) is 10.9 Å². The molecule has 0 bridgehead atoms. The Balaban J connectivity index is 1.52. The van der Waals surface area contributed by atoms with Crippen molar-refractivity contribution in [1.29, 1.82) is 0 Å². The van der Waals surface area contributed by atoms with Gasteiger partial charge >= 0.3 is 6.18 Å². The third-order valence-electron chi connectivity index (χ3n) is 5.19. The van der Waals surface area contributed by atoms with Gasteiger partial charge in [0.1, 0.15) is 6.04 Å². The average Bonchev–Trinajstić information content (AvgIpc) is 3.47. The Labute approximate surface area is 191 Å². The number of carbonyl (C=O) groups excluding carboxylic acids is 2. The summed E-state index contributed by atoms with van der Waals surface area (Å²) in [5, 5.41) is 8.11. The summed E-state index contributed by atoms with van der Waals surface area (Å²) in [5.74, 6) is -0.869. The summed E-state index contributed by atoms with van der Waals surface area (Å²) in [6, 6.07) is 14.9. The Kier molecular flexibility index (Phi) is 6.50. The van der Waals surface area contributed by atoms with E-state index in [1.165, 1.54) is 23.5 Å². The second-order valence-corrected chi connectivity index (χ2v) is 8.43. The summed E-state index contributed by atoms with van der Waals surface area (Å²) in [4.78, 5) is 29.2. The molecule has 4 aromatic rings. The Bertz CT molecular complexity index is 1270. The largest absolute Gasteiger partial charge is 0.416 e. The molecule has 2 aromatic carbocycles. The van der Waals surface area contributed by atoms with Crippen LogP contribution in [-0.4, -0.2) is 22.8 Å². The molecule has 3 N–H and O–H groups in total. The number of H-pyrrole nitrogens is 1. The number of hydrogen-bond donors (Lipinski definition) is 3. The molecule has 33 heavy (non-hydrogen) atoms. The van der Waals surface area contributed by atoms with E-state index in [2.05, 4.69) is 15.6 Å². The van der Waals surface area contributed by atoms with Crippen molar-refractivity contribution in [3.8, 4) is 0 Å². The molecule has 4 rings (SSSR count). The van der Waals surface area contributed by atoms with Crippen molar-refractivity contribution in [2.24, 2.45) is 0 Å². The first kappa shape index (κ1) is 22.6. The van der Waals surface area contributed by atoms with Crippen LogP contribution in [0.2, 0.25) is 0 Å². The number of alkyl halides is 3. The minimum absolute atomic E-state index is 0.0952. The second kappa shape index (κ2) is 9.50. The molecule has 0 unspecified atom stereocenters. The molecule has 0 saturated carbocycles. The number of amides is 2. The molecular formula is C24H20F3N3O2S. The monoisotopic (exact) mass is 471 g/mol. The van der Waals surface area contributed by atoms with E-state index in [1.807, 2.05) is 24.3 Å². The number of fused-ring (bicyclic) bond motifs is 1. The van der Waals surface area contributed by atoms with Crippen LogP contribution in [0.3, 0.4) is 0 Å². The predicted octanol–water partition coefficient (Wildman–Crippen LogP) is 4.91. The Morgan fingerprint density at radius 1 is 1.03 bits per heavy atom. The number of carbonyl (C=O) groups is 2. The molecule has 0 spiro atoms. The van der Waals surface area contributed by atoms with E-state index in [0.29, 0.717) is 10.4 Å². The van der Waals surface area contributed by atoms with Crippen molar-refractivity contribution in [1.82, 2.24) is 15.6 Å². The maximum absolute atomic E-state index is 13.0. The molecule has 170 valence electrons. The topological polar surface area (TPSA) is 74.0 Å². The fourth-order valence-electron chi connectivity index (χ4n) is 3.54. The third kappa shape index (κ3) is 5.43. The van der Waals surface area contributed by atoms with Gasteiger partial charge in [-0.05, 0) is 40.8 Å². The Morgan fingerprint density at radius 2 is 1.85 bits per heavy atom. The van der Waals surface area contributed by atoms with E-state index in [9.17, 15) is 22.8 Å². The highest BCUT2D eigenvalue weighted by Gasteiger charge is 2.30. The zero-order valence-electron chi connectivity index (χ0n) is 17.3. The van der Waals surface area contributed by atoms with Gasteiger partial charge in [-0.2, -0.15) is 13.2 Å². The lowest BCUT2D eigenvalue weighted by Crippen LogP contribution is -2.47. The molecule has 0 aliphatic carbocycles. The van der Waals surface area contributed by atoms with Crippen LogP contribution in [0.4, 0.5) is 13.2 Å². The van der Waals surface area contributed by atoms with Gasteiger partial charge in [0.05, 0.1) is 10.4 Å². The van der Waals surface area contributed by atoms with Crippen LogP contribution in [0.1, 0.15) is 26.4 Å². The van der Waals surface area contributed by atoms with Crippen LogP contribution in [0.15, 0.2) is 72.2 Å². The number of aromatic nitrogens is 1. The fraction of sp³-hybridized carbons (Fsp3) is 0.167. The maximum atomic E-state index is 13.0. The third-order valence-corrected chi connectivity index (χ3v) is 6.06. The number of aromatic amines is 1. The molecule has 2 heterocycles. The molecule has 0 aliphatic rings. The molecule has 0 saturated heterocycles. The van der Waals surface area contributed by atoms with E-state index in [4.69, 9.17) is 0 Å². The molecule has 5 nitrogen and oxygen atoms in total. The maximum Gasteiger partial charge on any atom is 0.416 e. The van der Waals surface area contributed by atoms with Crippen molar-refractivity contribution in [3.63, 3.8) is 0 Å². The summed E-state index contributed by atoms with van der Waals surface area (Å²) in [5.41, 5.74) is 1.28. The standard InChI is InChI=1S/C24H20F3N3O2S/c25-24(26,27)17-6-3-5-15(11-17)13-29-22(31)20(30-23(32)21-9-4-10-33-21)12-16-14-28-19-8-2-1-7-18(16)19/h1-11,14,20,28H,12-13H2,(H,29,31)(H,30,32)/t20-/m1/s1. The van der Waals surface area contributed by atoms with Crippen molar-refractivity contribution >= 4 is 34.1 Å². The first-order chi connectivity index (χ1) is 15.8. The summed E-state index contributed by atoms with van der Waals surface area (Å²) >= 11 is 1.25. The molecule has 1 atom stereocenters. The number of para-hydroxylation sites is 1. The summed E-state index contributed by atoms with van der Waals surface area (Å²) < 4.78 is 38.9. The summed E-state index contributed by atoms with van der Waals surface area (Å²) in [7, 11) is 0. The van der Waals surface area contributed by atoms with Gasteiger partial charge in [0.15, 0.2) is 0 Å². The average molecular weight is 472 g/mol. The number of rotatable bonds is 7. The lowest BCUT2D eigenvalue weighted by molar-refractivity contribution is -0.137. The molecule has 2 aromatic heterocycles. The molecule has 2 amide bonds. The van der Waals surface area contributed by atoms with Crippen LogP contribution in [-0.2, 0) is 23.9 Å². The number of benzene rings is 2. The first-order valence-corrected chi connectivity index (χ1v) is 11.0. The van der Waals surface area contributed by atoms with Crippen LogP contribution < -0.4 is 10.6 Å². The van der Waals surface area contributed by atoms with Gasteiger partial charge in [0.25, 0.3) is 5.91 Å². The molecule has 0 fully saturated rings. The van der Waals surface area contributed by atoms with Crippen LogP contribution >= 0.6 is 11.3 Å². The highest BCUT2D eigenvalue weighted by Crippen LogP contribution is 2.29. The van der Waals surface area contributed by atoms with Crippen LogP contribution in [0.5, 0.6) is 0 Å².